The molecule has 0 N–H and O–H groups in total. The monoisotopic (exact) mass is 514 g/mol. The quantitative estimate of drug-likeness (QED) is 0.214. The number of nitrogens with zero attached hydrogens (tertiary/aromatic N) is 1. The van der Waals surface area contributed by atoms with Gasteiger partial charge in [-0.25, -0.2) is 4.99 Å². The molecular formula is C36H41BNO. The number of fused-ring (bicyclic) bond motifs is 5. The highest BCUT2D eigenvalue weighted by Gasteiger charge is 2.36. The Balaban J connectivity index is 0.000000199. The van der Waals surface area contributed by atoms with Gasteiger partial charge in [0.1, 0.15) is 11.4 Å². The summed E-state index contributed by atoms with van der Waals surface area (Å²) in [5.41, 5.74) is 9.08. The molecule has 0 fully saturated rings. The molecule has 0 amide bonds. The second-order valence-corrected chi connectivity index (χ2v) is 11.7. The summed E-state index contributed by atoms with van der Waals surface area (Å²) in [6.07, 6.45) is 0. The molecule has 0 aromatic heterocycles. The summed E-state index contributed by atoms with van der Waals surface area (Å²) in [6.45, 7) is 17.5. The summed E-state index contributed by atoms with van der Waals surface area (Å²) in [5.74, 6) is 2.21. The van der Waals surface area contributed by atoms with Crippen molar-refractivity contribution in [2.45, 2.75) is 61.3 Å². The van der Waals surface area contributed by atoms with E-state index < -0.39 is 0 Å². The predicted molar refractivity (Wildman–Crippen MR) is 169 cm³/mol. The zero-order chi connectivity index (χ0) is 27.5. The van der Waals surface area contributed by atoms with Crippen LogP contribution in [0.15, 0.2) is 102 Å². The Morgan fingerprint density at radius 1 is 0.564 bits per heavy atom. The fourth-order valence-corrected chi connectivity index (χ4v) is 5.35. The summed E-state index contributed by atoms with van der Waals surface area (Å²) in [5, 5.41) is 0. The Bertz CT molecular complexity index is 1390. The largest absolute Gasteiger partial charge is 0.454 e. The highest BCUT2D eigenvalue weighted by atomic mass is 16.5. The van der Waals surface area contributed by atoms with Crippen molar-refractivity contribution in [1.29, 1.82) is 0 Å². The minimum absolute atomic E-state index is 0. The van der Waals surface area contributed by atoms with Crippen LogP contribution in [0.4, 0.5) is 5.69 Å². The van der Waals surface area contributed by atoms with Crippen LogP contribution < -0.4 is 4.74 Å². The van der Waals surface area contributed by atoms with Crippen LogP contribution in [0.3, 0.4) is 0 Å². The Morgan fingerprint density at radius 2 is 1.00 bits per heavy atom. The number of para-hydroxylation sites is 3. The predicted octanol–water partition coefficient (Wildman–Crippen LogP) is 10.4. The first-order chi connectivity index (χ1) is 18.1. The van der Waals surface area contributed by atoms with Crippen LogP contribution in [0, 0.1) is 10.8 Å². The van der Waals surface area contributed by atoms with E-state index in [1.54, 1.807) is 0 Å². The van der Waals surface area contributed by atoms with Gasteiger partial charge in [0.25, 0.3) is 0 Å². The summed E-state index contributed by atoms with van der Waals surface area (Å²) in [6, 6.07) is 33.7. The molecule has 0 saturated carbocycles. The molecule has 0 bridgehead atoms. The van der Waals surface area contributed by atoms with Crippen molar-refractivity contribution in [2.24, 2.45) is 15.8 Å². The molecule has 1 aliphatic heterocycles. The van der Waals surface area contributed by atoms with E-state index in [1.165, 1.54) is 22.3 Å². The lowest BCUT2D eigenvalue weighted by Gasteiger charge is -2.29. The molecule has 1 heterocycles. The maximum atomic E-state index is 6.01. The van der Waals surface area contributed by atoms with Crippen molar-refractivity contribution in [2.75, 3.05) is 0 Å². The molecule has 0 saturated heterocycles. The molecule has 3 heteroatoms. The Morgan fingerprint density at radius 3 is 1.51 bits per heavy atom. The van der Waals surface area contributed by atoms with E-state index in [4.69, 9.17) is 9.73 Å². The molecule has 2 aliphatic rings. The first kappa shape index (κ1) is 30.0. The van der Waals surface area contributed by atoms with E-state index in [0.29, 0.717) is 5.92 Å². The van der Waals surface area contributed by atoms with Crippen molar-refractivity contribution in [3.63, 3.8) is 0 Å². The van der Waals surface area contributed by atoms with Crippen LogP contribution in [-0.2, 0) is 0 Å². The zero-order valence-corrected chi connectivity index (χ0v) is 24.7. The second kappa shape index (κ2) is 12.1. The minimum Gasteiger partial charge on any atom is -0.454 e. The van der Waals surface area contributed by atoms with Gasteiger partial charge >= 0.3 is 0 Å². The van der Waals surface area contributed by atoms with Gasteiger partial charge in [-0.1, -0.05) is 128 Å². The van der Waals surface area contributed by atoms with Crippen molar-refractivity contribution < 1.29 is 4.74 Å². The van der Waals surface area contributed by atoms with E-state index in [2.05, 4.69) is 96.1 Å². The summed E-state index contributed by atoms with van der Waals surface area (Å²) in [7, 11) is 0. The number of hydrogen-bond acceptors (Lipinski definition) is 2. The molecule has 4 aromatic rings. The van der Waals surface area contributed by atoms with Gasteiger partial charge in [-0.3, -0.25) is 0 Å². The SMILES string of the molecule is CC.CC(C)(C)C1=Nc2ccccc2Oc2ccccc21.CC(C)(C)C1c2ccccc2-c2ccccc21.[B]. The van der Waals surface area contributed by atoms with Gasteiger partial charge in [0.15, 0.2) is 5.75 Å². The van der Waals surface area contributed by atoms with Crippen LogP contribution in [0.1, 0.15) is 78.0 Å². The van der Waals surface area contributed by atoms with E-state index >= 15 is 0 Å². The first-order valence-electron chi connectivity index (χ1n) is 13.8. The minimum atomic E-state index is -0.0308. The molecule has 39 heavy (non-hydrogen) atoms. The Kier molecular flexibility index (Phi) is 9.28. The standard InChI is InChI=1S/C17H17NO.C17H18.C2H6.B/c1-17(2,3)16-12-8-4-6-10-14(12)19-15-11-7-5-9-13(15)18-16;1-17(2,3)16-14-10-6-4-8-12(14)13-9-5-7-11-15(13)16;1-2;/h4-11H,1-3H3;4-11,16H,1-3H3;1-2H3;. The molecule has 2 nitrogen and oxygen atoms in total. The highest BCUT2D eigenvalue weighted by Crippen LogP contribution is 2.52. The van der Waals surface area contributed by atoms with E-state index in [1.807, 2.05) is 56.3 Å². The maximum absolute atomic E-state index is 6.01. The first-order valence-corrected chi connectivity index (χ1v) is 13.8. The molecule has 0 atom stereocenters. The zero-order valence-electron chi connectivity index (χ0n) is 24.7. The summed E-state index contributed by atoms with van der Waals surface area (Å²) in [4.78, 5) is 4.84. The molecule has 3 radical (unpaired) electrons. The maximum Gasteiger partial charge on any atom is 0.153 e. The second-order valence-electron chi connectivity index (χ2n) is 11.7. The van der Waals surface area contributed by atoms with Gasteiger partial charge in [0.2, 0.25) is 0 Å². The van der Waals surface area contributed by atoms with Crippen LogP contribution in [0.5, 0.6) is 11.5 Å². The van der Waals surface area contributed by atoms with Crippen molar-refractivity contribution in [3.05, 3.63) is 114 Å². The smallest absolute Gasteiger partial charge is 0.153 e. The topological polar surface area (TPSA) is 21.6 Å². The molecule has 0 unspecified atom stereocenters. The molecule has 199 valence electrons. The van der Waals surface area contributed by atoms with Crippen molar-refractivity contribution >= 4 is 19.8 Å². The van der Waals surface area contributed by atoms with Gasteiger partial charge in [0, 0.05) is 25.3 Å². The van der Waals surface area contributed by atoms with Crippen LogP contribution >= 0.6 is 0 Å². The lowest BCUT2D eigenvalue weighted by Crippen LogP contribution is -2.21. The van der Waals surface area contributed by atoms with E-state index in [0.717, 1.165) is 28.5 Å². The number of hydrogen-bond donors (Lipinski definition) is 0. The highest BCUT2D eigenvalue weighted by molar-refractivity contribution is 6.08. The lowest BCUT2D eigenvalue weighted by atomic mass is 9.75. The van der Waals surface area contributed by atoms with Crippen molar-refractivity contribution in [3.8, 4) is 22.6 Å². The van der Waals surface area contributed by atoms with Gasteiger partial charge in [-0.05, 0) is 51.9 Å². The third-order valence-corrected chi connectivity index (χ3v) is 6.87. The third kappa shape index (κ3) is 6.19. The average molecular weight is 515 g/mol. The fraction of sp³-hybridized carbons (Fsp3) is 0.306. The van der Waals surface area contributed by atoms with Gasteiger partial charge in [0.05, 0.1) is 5.71 Å². The number of rotatable bonds is 0. The average Bonchev–Trinajstić information content (AvgIpc) is 3.14. The molecule has 4 aromatic carbocycles. The number of ether oxygens (including phenoxy) is 1. The van der Waals surface area contributed by atoms with Gasteiger partial charge in [-0.2, -0.15) is 0 Å². The summed E-state index contributed by atoms with van der Waals surface area (Å²) >= 11 is 0. The van der Waals surface area contributed by atoms with Crippen LogP contribution in [0.2, 0.25) is 0 Å². The normalized spacial score (nSPS) is 13.2. The number of benzene rings is 4. The Hall–Kier alpha value is -3.59. The van der Waals surface area contributed by atoms with E-state index in [-0.39, 0.29) is 19.2 Å². The number of aliphatic imine (C=N–C) groups is 1. The fourth-order valence-electron chi connectivity index (χ4n) is 5.35. The van der Waals surface area contributed by atoms with Gasteiger partial charge < -0.3 is 4.74 Å². The molecule has 1 aliphatic carbocycles. The van der Waals surface area contributed by atoms with Crippen LogP contribution in [-0.4, -0.2) is 14.1 Å². The van der Waals surface area contributed by atoms with Gasteiger partial charge in [-0.15, -0.1) is 0 Å². The van der Waals surface area contributed by atoms with E-state index in [9.17, 15) is 0 Å². The van der Waals surface area contributed by atoms with Crippen molar-refractivity contribution in [1.82, 2.24) is 0 Å². The molecule has 6 rings (SSSR count). The molecular weight excluding hydrogens is 473 g/mol. The third-order valence-electron chi connectivity index (χ3n) is 6.87. The lowest BCUT2D eigenvalue weighted by molar-refractivity contribution is 0.363. The Labute approximate surface area is 237 Å². The van der Waals surface area contributed by atoms with Crippen LogP contribution in [0.25, 0.3) is 11.1 Å². The molecule has 0 spiro atoms. The summed E-state index contributed by atoms with van der Waals surface area (Å²) < 4.78 is 6.01.